The van der Waals surface area contributed by atoms with Crippen molar-refractivity contribution < 1.29 is 9.53 Å². The van der Waals surface area contributed by atoms with Gasteiger partial charge in [-0.1, -0.05) is 44.2 Å². The maximum absolute atomic E-state index is 12.2. The molecule has 0 aliphatic heterocycles. The third-order valence-corrected chi connectivity index (χ3v) is 5.09. The Balaban J connectivity index is 1.65. The second-order valence-electron chi connectivity index (χ2n) is 7.48. The number of hydrogen-bond donors (Lipinski definition) is 1. The first kappa shape index (κ1) is 19.9. The number of aromatic nitrogens is 1. The van der Waals surface area contributed by atoms with Crippen LogP contribution in [0.4, 0.5) is 0 Å². The van der Waals surface area contributed by atoms with Crippen molar-refractivity contribution in [3.63, 3.8) is 0 Å². The molecule has 1 aromatic heterocycles. The van der Waals surface area contributed by atoms with Crippen LogP contribution in [0, 0.1) is 11.3 Å². The van der Waals surface area contributed by atoms with Gasteiger partial charge in [0.1, 0.15) is 11.6 Å². The van der Waals surface area contributed by atoms with Crippen LogP contribution in [0.3, 0.4) is 0 Å². The number of hydrogen-bond acceptors (Lipinski definition) is 4. The van der Waals surface area contributed by atoms with Crippen LogP contribution in [0.2, 0.25) is 0 Å². The number of carbonyl (C=O) groups excluding carboxylic acids is 1. The van der Waals surface area contributed by atoms with Crippen molar-refractivity contribution in [3.8, 4) is 11.9 Å². The number of amides is 1. The standard InChI is InChI=1S/C23H27N3O2/c1-16(2)22-19-11-7-6-10-18(19)20(14-24)23(26-22)28-15-21(27)25-13-12-17-8-4-3-5-9-17/h3-5,8-9,16H,6-7,10-13,15H2,1-2H3,(H,25,27). The van der Waals surface area contributed by atoms with E-state index in [0.717, 1.165) is 43.4 Å². The van der Waals surface area contributed by atoms with Gasteiger partial charge in [0.2, 0.25) is 5.88 Å². The molecule has 0 fully saturated rings. The number of ether oxygens (including phenoxy) is 1. The predicted octanol–water partition coefficient (Wildman–Crippen LogP) is 3.69. The first-order valence-corrected chi connectivity index (χ1v) is 9.99. The molecule has 0 saturated heterocycles. The molecular formula is C23H27N3O2. The number of rotatable bonds is 7. The number of nitrogens with one attached hydrogen (secondary N) is 1. The smallest absolute Gasteiger partial charge is 0.258 e. The normalized spacial score (nSPS) is 12.9. The van der Waals surface area contributed by atoms with Gasteiger partial charge in [0.05, 0.1) is 5.69 Å². The predicted molar refractivity (Wildman–Crippen MR) is 108 cm³/mol. The molecule has 0 atom stereocenters. The summed E-state index contributed by atoms with van der Waals surface area (Å²) in [4.78, 5) is 16.8. The van der Waals surface area contributed by atoms with Crippen LogP contribution in [0.25, 0.3) is 0 Å². The summed E-state index contributed by atoms with van der Waals surface area (Å²) in [5, 5.41) is 12.5. The quantitative estimate of drug-likeness (QED) is 0.798. The van der Waals surface area contributed by atoms with Crippen LogP contribution in [-0.2, 0) is 24.1 Å². The van der Waals surface area contributed by atoms with E-state index in [1.54, 1.807) is 0 Å². The van der Waals surface area contributed by atoms with Crippen molar-refractivity contribution >= 4 is 5.91 Å². The topological polar surface area (TPSA) is 75.0 Å². The molecule has 0 spiro atoms. The molecule has 0 saturated carbocycles. The molecule has 5 heteroatoms. The van der Waals surface area contributed by atoms with Crippen LogP contribution < -0.4 is 10.1 Å². The molecule has 3 rings (SSSR count). The van der Waals surface area contributed by atoms with E-state index >= 15 is 0 Å². The minimum absolute atomic E-state index is 0.132. The lowest BCUT2D eigenvalue weighted by atomic mass is 9.85. The Labute approximate surface area is 166 Å². The van der Waals surface area contributed by atoms with Gasteiger partial charge in [-0.05, 0) is 54.7 Å². The Bertz CT molecular complexity index is 870. The first-order chi connectivity index (χ1) is 13.6. The zero-order chi connectivity index (χ0) is 19.9. The van der Waals surface area contributed by atoms with Crippen molar-refractivity contribution in [2.45, 2.75) is 51.9 Å². The van der Waals surface area contributed by atoms with Crippen molar-refractivity contribution in [2.75, 3.05) is 13.2 Å². The molecule has 1 heterocycles. The van der Waals surface area contributed by atoms with Gasteiger partial charge < -0.3 is 10.1 Å². The largest absolute Gasteiger partial charge is 0.467 e. The molecule has 1 aliphatic rings. The summed E-state index contributed by atoms with van der Waals surface area (Å²) in [6, 6.07) is 12.3. The fourth-order valence-electron chi connectivity index (χ4n) is 3.70. The number of pyridine rings is 1. The summed E-state index contributed by atoms with van der Waals surface area (Å²) in [5.41, 5.74) is 4.93. The highest BCUT2D eigenvalue weighted by Gasteiger charge is 2.24. The van der Waals surface area contributed by atoms with E-state index in [1.165, 1.54) is 11.1 Å². The van der Waals surface area contributed by atoms with Crippen LogP contribution in [0.15, 0.2) is 30.3 Å². The summed E-state index contributed by atoms with van der Waals surface area (Å²) in [5.74, 6) is 0.345. The van der Waals surface area contributed by atoms with Crippen molar-refractivity contribution in [1.82, 2.24) is 10.3 Å². The van der Waals surface area contributed by atoms with Gasteiger partial charge >= 0.3 is 0 Å². The molecule has 0 bridgehead atoms. The number of nitriles is 1. The van der Waals surface area contributed by atoms with Crippen molar-refractivity contribution in [3.05, 3.63) is 58.3 Å². The zero-order valence-corrected chi connectivity index (χ0v) is 16.6. The SMILES string of the molecule is CC(C)c1nc(OCC(=O)NCCc2ccccc2)c(C#N)c2c1CCCC2. The Morgan fingerprint density at radius 3 is 2.61 bits per heavy atom. The maximum atomic E-state index is 12.2. The van der Waals surface area contributed by atoms with Gasteiger partial charge in [-0.2, -0.15) is 5.26 Å². The second kappa shape index (κ2) is 9.36. The molecular weight excluding hydrogens is 350 g/mol. The molecule has 0 radical (unpaired) electrons. The van der Waals surface area contributed by atoms with E-state index in [2.05, 4.69) is 30.2 Å². The molecule has 2 aromatic rings. The fourth-order valence-corrected chi connectivity index (χ4v) is 3.70. The van der Waals surface area contributed by atoms with E-state index in [9.17, 15) is 10.1 Å². The van der Waals surface area contributed by atoms with Crippen molar-refractivity contribution in [1.29, 1.82) is 5.26 Å². The molecule has 146 valence electrons. The Morgan fingerprint density at radius 2 is 1.93 bits per heavy atom. The monoisotopic (exact) mass is 377 g/mol. The van der Waals surface area contributed by atoms with E-state index in [-0.39, 0.29) is 18.4 Å². The van der Waals surface area contributed by atoms with E-state index in [0.29, 0.717) is 18.0 Å². The highest BCUT2D eigenvalue weighted by Crippen LogP contribution is 2.34. The van der Waals surface area contributed by atoms with Gasteiger partial charge in [-0.25, -0.2) is 4.98 Å². The Hall–Kier alpha value is -2.87. The molecule has 28 heavy (non-hydrogen) atoms. The van der Waals surface area contributed by atoms with Crippen LogP contribution >= 0.6 is 0 Å². The summed E-state index contributed by atoms with van der Waals surface area (Å²) in [6.07, 6.45) is 4.81. The average molecular weight is 377 g/mol. The molecule has 1 N–H and O–H groups in total. The zero-order valence-electron chi connectivity index (χ0n) is 16.6. The molecule has 1 amide bonds. The van der Waals surface area contributed by atoms with Gasteiger partial charge in [0, 0.05) is 6.54 Å². The van der Waals surface area contributed by atoms with Crippen LogP contribution in [0.1, 0.15) is 60.6 Å². The number of nitrogens with zero attached hydrogens (tertiary/aromatic N) is 2. The minimum atomic E-state index is -0.203. The summed E-state index contributed by atoms with van der Waals surface area (Å²) >= 11 is 0. The van der Waals surface area contributed by atoms with E-state index in [4.69, 9.17) is 4.74 Å². The summed E-state index contributed by atoms with van der Waals surface area (Å²) < 4.78 is 5.70. The maximum Gasteiger partial charge on any atom is 0.258 e. The number of carbonyl (C=O) groups is 1. The second-order valence-corrected chi connectivity index (χ2v) is 7.48. The number of benzene rings is 1. The highest BCUT2D eigenvalue weighted by molar-refractivity contribution is 5.77. The molecule has 1 aromatic carbocycles. The van der Waals surface area contributed by atoms with Crippen LogP contribution in [-0.4, -0.2) is 24.0 Å². The van der Waals surface area contributed by atoms with Gasteiger partial charge in [0.15, 0.2) is 6.61 Å². The summed E-state index contributed by atoms with van der Waals surface area (Å²) in [7, 11) is 0. The molecule has 0 unspecified atom stereocenters. The first-order valence-electron chi connectivity index (χ1n) is 9.99. The van der Waals surface area contributed by atoms with E-state index < -0.39 is 0 Å². The fraction of sp³-hybridized carbons (Fsp3) is 0.435. The lowest BCUT2D eigenvalue weighted by Crippen LogP contribution is -2.31. The minimum Gasteiger partial charge on any atom is -0.467 e. The van der Waals surface area contributed by atoms with Crippen molar-refractivity contribution in [2.24, 2.45) is 0 Å². The Morgan fingerprint density at radius 1 is 1.21 bits per heavy atom. The van der Waals surface area contributed by atoms with Gasteiger partial charge in [-0.15, -0.1) is 0 Å². The Kier molecular flexibility index (Phi) is 6.65. The van der Waals surface area contributed by atoms with E-state index in [1.807, 2.05) is 30.3 Å². The average Bonchev–Trinajstić information content (AvgIpc) is 2.72. The summed E-state index contributed by atoms with van der Waals surface area (Å²) in [6.45, 7) is 4.62. The van der Waals surface area contributed by atoms with Crippen LogP contribution in [0.5, 0.6) is 5.88 Å². The lowest BCUT2D eigenvalue weighted by Gasteiger charge is -2.23. The lowest BCUT2D eigenvalue weighted by molar-refractivity contribution is -0.123. The molecule has 1 aliphatic carbocycles. The third kappa shape index (κ3) is 4.69. The third-order valence-electron chi connectivity index (χ3n) is 5.09. The van der Waals surface area contributed by atoms with Gasteiger partial charge in [-0.3, -0.25) is 4.79 Å². The number of fused-ring (bicyclic) bond motifs is 1. The van der Waals surface area contributed by atoms with Gasteiger partial charge in [0.25, 0.3) is 5.91 Å². The highest BCUT2D eigenvalue weighted by atomic mass is 16.5. The molecule has 5 nitrogen and oxygen atoms in total.